The molecular formula is C12H16FNO2. The number of hydrogen-bond acceptors (Lipinski definition) is 2. The van der Waals surface area contributed by atoms with Gasteiger partial charge in [-0.25, -0.2) is 4.39 Å². The third-order valence-corrected chi connectivity index (χ3v) is 2.30. The number of carbonyl (C=O) groups is 1. The number of carboxylic acid groups (broad SMARTS) is 1. The third-order valence-electron chi connectivity index (χ3n) is 2.30. The van der Waals surface area contributed by atoms with Gasteiger partial charge in [0, 0.05) is 6.04 Å². The van der Waals surface area contributed by atoms with Gasteiger partial charge >= 0.3 is 5.97 Å². The molecule has 1 unspecified atom stereocenters. The van der Waals surface area contributed by atoms with Gasteiger partial charge in [0.25, 0.3) is 0 Å². The topological polar surface area (TPSA) is 49.3 Å². The first-order valence-corrected chi connectivity index (χ1v) is 5.16. The summed E-state index contributed by atoms with van der Waals surface area (Å²) in [5.74, 6) is -1.42. The average Bonchev–Trinajstić information content (AvgIpc) is 2.18. The van der Waals surface area contributed by atoms with Crippen LogP contribution in [0, 0.1) is 12.7 Å². The number of aryl methyl sites for hydroxylation is 1. The second-order valence-electron chi connectivity index (χ2n) is 4.09. The first kappa shape index (κ1) is 12.6. The monoisotopic (exact) mass is 225 g/mol. The van der Waals surface area contributed by atoms with Crippen LogP contribution in [0.4, 0.5) is 4.39 Å². The summed E-state index contributed by atoms with van der Waals surface area (Å²) in [4.78, 5) is 11.1. The quantitative estimate of drug-likeness (QED) is 0.826. The fourth-order valence-electron chi connectivity index (χ4n) is 1.55. The van der Waals surface area contributed by atoms with E-state index in [1.54, 1.807) is 13.0 Å². The van der Waals surface area contributed by atoms with E-state index in [9.17, 15) is 9.18 Å². The van der Waals surface area contributed by atoms with Crippen LogP contribution in [0.25, 0.3) is 0 Å². The predicted octanol–water partition coefficient (Wildman–Crippen LogP) is 2.26. The van der Waals surface area contributed by atoms with Crippen LogP contribution in [-0.2, 0) is 4.79 Å². The van der Waals surface area contributed by atoms with Crippen LogP contribution in [0.15, 0.2) is 18.2 Å². The number of nitrogens with one attached hydrogen (secondary N) is 1. The fraction of sp³-hybridized carbons (Fsp3) is 0.417. The van der Waals surface area contributed by atoms with Gasteiger partial charge < -0.3 is 5.11 Å². The lowest BCUT2D eigenvalue weighted by molar-refractivity contribution is -0.139. The van der Waals surface area contributed by atoms with Crippen molar-refractivity contribution in [2.45, 2.75) is 32.9 Å². The Hall–Kier alpha value is -1.42. The highest BCUT2D eigenvalue weighted by Gasteiger charge is 2.22. The van der Waals surface area contributed by atoms with E-state index in [1.165, 1.54) is 12.1 Å². The van der Waals surface area contributed by atoms with Crippen molar-refractivity contribution in [2.24, 2.45) is 0 Å². The highest BCUT2D eigenvalue weighted by atomic mass is 19.1. The van der Waals surface area contributed by atoms with Gasteiger partial charge in [-0.2, -0.15) is 0 Å². The molecule has 0 aliphatic heterocycles. The van der Waals surface area contributed by atoms with Gasteiger partial charge in [-0.3, -0.25) is 10.1 Å². The third kappa shape index (κ3) is 3.03. The largest absolute Gasteiger partial charge is 0.480 e. The van der Waals surface area contributed by atoms with Gasteiger partial charge in [-0.05, 0) is 44.0 Å². The molecule has 0 radical (unpaired) electrons. The van der Waals surface area contributed by atoms with E-state index in [-0.39, 0.29) is 6.04 Å². The molecule has 0 fully saturated rings. The Bertz CT molecular complexity index is 391. The normalized spacial score (nSPS) is 12.8. The maximum atomic E-state index is 13.1. The van der Waals surface area contributed by atoms with Crippen LogP contribution < -0.4 is 5.32 Å². The van der Waals surface area contributed by atoms with Gasteiger partial charge in [-0.15, -0.1) is 0 Å². The Balaban J connectivity index is 3.10. The lowest BCUT2D eigenvalue weighted by atomic mass is 10.0. The van der Waals surface area contributed by atoms with E-state index < -0.39 is 17.8 Å². The number of carboxylic acids is 1. The number of rotatable bonds is 4. The van der Waals surface area contributed by atoms with Crippen LogP contribution >= 0.6 is 0 Å². The van der Waals surface area contributed by atoms with E-state index in [0.717, 1.165) is 5.56 Å². The summed E-state index contributed by atoms with van der Waals surface area (Å²) < 4.78 is 13.1. The molecule has 0 aliphatic carbocycles. The Morgan fingerprint density at radius 3 is 2.56 bits per heavy atom. The van der Waals surface area contributed by atoms with Crippen LogP contribution in [-0.4, -0.2) is 17.1 Å². The van der Waals surface area contributed by atoms with Gasteiger partial charge in [0.05, 0.1) is 0 Å². The van der Waals surface area contributed by atoms with Gasteiger partial charge in [0.15, 0.2) is 0 Å². The molecule has 0 bridgehead atoms. The lowest BCUT2D eigenvalue weighted by Crippen LogP contribution is -2.34. The molecule has 0 saturated carbocycles. The second-order valence-corrected chi connectivity index (χ2v) is 4.09. The highest BCUT2D eigenvalue weighted by molar-refractivity contribution is 5.76. The molecule has 0 aromatic heterocycles. The maximum absolute atomic E-state index is 13.1. The van der Waals surface area contributed by atoms with Crippen LogP contribution in [0.2, 0.25) is 0 Å². The van der Waals surface area contributed by atoms with E-state index in [0.29, 0.717) is 5.56 Å². The molecule has 0 saturated heterocycles. The molecule has 1 rings (SSSR count). The Morgan fingerprint density at radius 2 is 2.06 bits per heavy atom. The van der Waals surface area contributed by atoms with Crippen LogP contribution in [0.5, 0.6) is 0 Å². The van der Waals surface area contributed by atoms with E-state index in [1.807, 2.05) is 13.8 Å². The lowest BCUT2D eigenvalue weighted by Gasteiger charge is -2.19. The summed E-state index contributed by atoms with van der Waals surface area (Å²) in [6, 6.07) is 3.33. The summed E-state index contributed by atoms with van der Waals surface area (Å²) in [6.45, 7) is 5.47. The van der Waals surface area contributed by atoms with Crippen LogP contribution in [0.3, 0.4) is 0 Å². The molecule has 0 amide bonds. The zero-order valence-corrected chi connectivity index (χ0v) is 9.62. The first-order chi connectivity index (χ1) is 7.41. The predicted molar refractivity (Wildman–Crippen MR) is 59.8 cm³/mol. The summed E-state index contributed by atoms with van der Waals surface area (Å²) in [6.07, 6.45) is 0. The summed E-state index contributed by atoms with van der Waals surface area (Å²) in [5, 5.41) is 12.0. The molecule has 0 heterocycles. The van der Waals surface area contributed by atoms with E-state index in [4.69, 9.17) is 5.11 Å². The summed E-state index contributed by atoms with van der Waals surface area (Å²) in [7, 11) is 0. The molecule has 88 valence electrons. The van der Waals surface area contributed by atoms with Crippen molar-refractivity contribution in [1.82, 2.24) is 5.32 Å². The fourth-order valence-corrected chi connectivity index (χ4v) is 1.55. The van der Waals surface area contributed by atoms with Gasteiger partial charge in [0.1, 0.15) is 11.9 Å². The van der Waals surface area contributed by atoms with E-state index >= 15 is 0 Å². The average molecular weight is 225 g/mol. The van der Waals surface area contributed by atoms with Crippen molar-refractivity contribution in [3.05, 3.63) is 35.1 Å². The zero-order chi connectivity index (χ0) is 12.3. The van der Waals surface area contributed by atoms with Crippen LogP contribution in [0.1, 0.15) is 31.0 Å². The minimum Gasteiger partial charge on any atom is -0.480 e. The molecular weight excluding hydrogens is 209 g/mol. The van der Waals surface area contributed by atoms with Crippen molar-refractivity contribution in [1.29, 1.82) is 0 Å². The van der Waals surface area contributed by atoms with Crippen molar-refractivity contribution in [3.63, 3.8) is 0 Å². The second kappa shape index (κ2) is 5.07. The Kier molecular flexibility index (Phi) is 4.01. The molecule has 1 aromatic rings. The summed E-state index contributed by atoms with van der Waals surface area (Å²) in [5.41, 5.74) is 1.24. The molecule has 1 aromatic carbocycles. The smallest absolute Gasteiger partial charge is 0.325 e. The maximum Gasteiger partial charge on any atom is 0.325 e. The highest BCUT2D eigenvalue weighted by Crippen LogP contribution is 2.19. The van der Waals surface area contributed by atoms with Gasteiger partial charge in [-0.1, -0.05) is 6.07 Å². The number of hydrogen-bond donors (Lipinski definition) is 2. The minimum atomic E-state index is -0.998. The molecule has 0 spiro atoms. The van der Waals surface area contributed by atoms with E-state index in [2.05, 4.69) is 5.32 Å². The molecule has 16 heavy (non-hydrogen) atoms. The van der Waals surface area contributed by atoms with Gasteiger partial charge in [0.2, 0.25) is 0 Å². The molecule has 1 atom stereocenters. The standard InChI is InChI=1S/C12H16FNO2/c1-7(2)14-11(12(15)16)10-6-9(13)5-4-8(10)3/h4-7,11,14H,1-3H3,(H,15,16). The molecule has 0 aliphatic rings. The number of benzene rings is 1. The molecule has 3 nitrogen and oxygen atoms in total. The molecule has 2 N–H and O–H groups in total. The SMILES string of the molecule is Cc1ccc(F)cc1C(NC(C)C)C(=O)O. The Morgan fingerprint density at radius 1 is 1.44 bits per heavy atom. The summed E-state index contributed by atoms with van der Waals surface area (Å²) >= 11 is 0. The minimum absolute atomic E-state index is 0.0174. The van der Waals surface area contributed by atoms with Crippen molar-refractivity contribution >= 4 is 5.97 Å². The Labute approximate surface area is 94.3 Å². The van der Waals surface area contributed by atoms with Crippen molar-refractivity contribution in [2.75, 3.05) is 0 Å². The first-order valence-electron chi connectivity index (χ1n) is 5.16. The van der Waals surface area contributed by atoms with Crippen molar-refractivity contribution in [3.8, 4) is 0 Å². The molecule has 4 heteroatoms. The zero-order valence-electron chi connectivity index (χ0n) is 9.62. The number of halogens is 1. The van der Waals surface area contributed by atoms with Crippen molar-refractivity contribution < 1.29 is 14.3 Å². The number of aliphatic carboxylic acids is 1.